The van der Waals surface area contributed by atoms with Gasteiger partial charge >= 0.3 is 5.97 Å². The number of carbonyl (C=O) groups excluding carboxylic acids is 2. The highest BCUT2D eigenvalue weighted by molar-refractivity contribution is 7.89. The molecule has 0 radical (unpaired) electrons. The molecular formula is C21H25NO6S. The Balaban J connectivity index is 1.76. The molecule has 7 nitrogen and oxygen atoms in total. The number of sulfonamides is 1. The van der Waals surface area contributed by atoms with E-state index in [1.54, 1.807) is 45.1 Å². The number of ketones is 1. The van der Waals surface area contributed by atoms with Gasteiger partial charge in [0, 0.05) is 6.42 Å². The zero-order chi connectivity index (χ0) is 21.2. The maximum absolute atomic E-state index is 13.4. The molecule has 1 spiro atoms. The Morgan fingerprint density at radius 1 is 1.24 bits per heavy atom. The molecule has 4 rings (SSSR count). The summed E-state index contributed by atoms with van der Waals surface area (Å²) >= 11 is 0. The molecule has 0 aliphatic carbocycles. The van der Waals surface area contributed by atoms with Crippen molar-refractivity contribution >= 4 is 21.8 Å². The number of fused-ring (bicyclic) bond motifs is 1. The molecule has 3 heterocycles. The van der Waals surface area contributed by atoms with Crippen LogP contribution in [0.15, 0.2) is 41.3 Å². The number of esters is 1. The summed E-state index contributed by atoms with van der Waals surface area (Å²) in [5, 5.41) is 0. The lowest BCUT2D eigenvalue weighted by molar-refractivity contribution is -0.178. The Kier molecular flexibility index (Phi) is 4.53. The number of ether oxygens (including phenoxy) is 2. The van der Waals surface area contributed by atoms with E-state index in [1.807, 2.05) is 6.92 Å². The highest BCUT2D eigenvalue weighted by atomic mass is 32.2. The van der Waals surface area contributed by atoms with Crippen LogP contribution in [0.2, 0.25) is 0 Å². The highest BCUT2D eigenvalue weighted by Crippen LogP contribution is 2.47. The smallest absolute Gasteiger partial charge is 0.311 e. The third-order valence-electron chi connectivity index (χ3n) is 5.69. The molecular weight excluding hydrogens is 394 g/mol. The molecule has 2 saturated heterocycles. The molecule has 0 amide bonds. The van der Waals surface area contributed by atoms with Gasteiger partial charge in [-0.1, -0.05) is 23.8 Å². The van der Waals surface area contributed by atoms with E-state index >= 15 is 0 Å². The van der Waals surface area contributed by atoms with Crippen LogP contribution in [0.1, 0.15) is 32.8 Å². The van der Waals surface area contributed by atoms with Crippen LogP contribution in [0, 0.1) is 12.3 Å². The van der Waals surface area contributed by atoms with E-state index in [-0.39, 0.29) is 23.6 Å². The van der Waals surface area contributed by atoms with E-state index in [4.69, 9.17) is 9.47 Å². The van der Waals surface area contributed by atoms with Gasteiger partial charge in [0.15, 0.2) is 11.9 Å². The molecule has 0 unspecified atom stereocenters. The summed E-state index contributed by atoms with van der Waals surface area (Å²) in [6.45, 7) is 6.90. The van der Waals surface area contributed by atoms with Crippen molar-refractivity contribution in [3.05, 3.63) is 42.0 Å². The Hall–Kier alpha value is -2.03. The van der Waals surface area contributed by atoms with Gasteiger partial charge in [0.1, 0.15) is 11.6 Å². The topological polar surface area (TPSA) is 90.0 Å². The first kappa shape index (κ1) is 20.3. The predicted octanol–water partition coefficient (Wildman–Crippen LogP) is 1.99. The average Bonchev–Trinajstić information content (AvgIpc) is 3.14. The van der Waals surface area contributed by atoms with E-state index in [0.717, 1.165) is 9.87 Å². The number of Topliss-reactive ketones (excluding diaryl/α,β-unsaturated/α-hetero) is 1. The first-order chi connectivity index (χ1) is 13.4. The van der Waals surface area contributed by atoms with Crippen molar-refractivity contribution < 1.29 is 27.5 Å². The van der Waals surface area contributed by atoms with Gasteiger partial charge < -0.3 is 9.47 Å². The number of carbonyl (C=O) groups is 2. The Morgan fingerprint density at radius 2 is 1.90 bits per heavy atom. The zero-order valence-corrected chi connectivity index (χ0v) is 17.7. The van der Waals surface area contributed by atoms with Crippen LogP contribution in [0.25, 0.3) is 0 Å². The summed E-state index contributed by atoms with van der Waals surface area (Å²) in [6, 6.07) is 5.41. The van der Waals surface area contributed by atoms with Crippen LogP contribution in [-0.2, 0) is 29.1 Å². The van der Waals surface area contributed by atoms with E-state index in [9.17, 15) is 18.0 Å². The zero-order valence-electron chi connectivity index (χ0n) is 16.9. The minimum absolute atomic E-state index is 0.0953. The largest absolute Gasteiger partial charge is 0.457 e. The SMILES string of the molecule is Cc1ccc(S(=O)(=O)N2C[C@H](OC(=O)C(C)(C)C)[C@]34C=C[C@H](CC(=O)[C@@H]23)O4)cc1. The van der Waals surface area contributed by atoms with Crippen molar-refractivity contribution in [2.45, 2.75) is 62.9 Å². The minimum Gasteiger partial charge on any atom is -0.457 e. The van der Waals surface area contributed by atoms with E-state index < -0.39 is 45.3 Å². The first-order valence-electron chi connectivity index (χ1n) is 9.65. The highest BCUT2D eigenvalue weighted by Gasteiger charge is 2.66. The monoisotopic (exact) mass is 419 g/mol. The summed E-state index contributed by atoms with van der Waals surface area (Å²) < 4.78 is 39.7. The van der Waals surface area contributed by atoms with Gasteiger partial charge in [0.25, 0.3) is 0 Å². The maximum Gasteiger partial charge on any atom is 0.311 e. The lowest BCUT2D eigenvalue weighted by Crippen LogP contribution is -2.58. The fourth-order valence-corrected chi connectivity index (χ4v) is 5.74. The van der Waals surface area contributed by atoms with Crippen molar-refractivity contribution in [2.24, 2.45) is 5.41 Å². The lowest BCUT2D eigenvalue weighted by atomic mass is 9.88. The fraction of sp³-hybridized carbons (Fsp3) is 0.524. The number of hydrogen-bond donors (Lipinski definition) is 0. The average molecular weight is 419 g/mol. The molecule has 29 heavy (non-hydrogen) atoms. The van der Waals surface area contributed by atoms with Gasteiger partial charge in [-0.05, 0) is 45.9 Å². The number of aryl methyl sites for hydroxylation is 1. The predicted molar refractivity (Wildman–Crippen MR) is 105 cm³/mol. The molecule has 1 aromatic rings. The number of rotatable bonds is 3. The van der Waals surface area contributed by atoms with Gasteiger partial charge in [-0.25, -0.2) is 8.42 Å². The van der Waals surface area contributed by atoms with Crippen LogP contribution in [0.5, 0.6) is 0 Å². The number of nitrogens with zero attached hydrogens (tertiary/aromatic N) is 1. The standard InChI is InChI=1S/C21H25NO6S/c1-13-5-7-15(8-6-13)29(25,26)22-12-17(27-19(24)20(2,3)4)21-10-9-14(28-21)11-16(23)18(21)22/h5-10,14,17-18H,11-12H2,1-4H3/t14-,17+,18-,21-/m1/s1. The number of hydrogen-bond acceptors (Lipinski definition) is 6. The quantitative estimate of drug-likeness (QED) is 0.550. The molecule has 4 atom stereocenters. The molecule has 0 N–H and O–H groups in total. The molecule has 156 valence electrons. The summed E-state index contributed by atoms with van der Waals surface area (Å²) in [5.41, 5.74) is -1.12. The van der Waals surface area contributed by atoms with Crippen molar-refractivity contribution in [1.82, 2.24) is 4.31 Å². The molecule has 1 aromatic carbocycles. The van der Waals surface area contributed by atoms with Crippen LogP contribution in [0.3, 0.4) is 0 Å². The van der Waals surface area contributed by atoms with Crippen molar-refractivity contribution in [1.29, 1.82) is 0 Å². The van der Waals surface area contributed by atoms with Gasteiger partial charge in [0.2, 0.25) is 10.0 Å². The maximum atomic E-state index is 13.4. The van der Waals surface area contributed by atoms with Crippen molar-refractivity contribution in [3.63, 3.8) is 0 Å². The first-order valence-corrected chi connectivity index (χ1v) is 11.1. The molecule has 2 fully saturated rings. The van der Waals surface area contributed by atoms with E-state index in [2.05, 4.69) is 0 Å². The van der Waals surface area contributed by atoms with Crippen molar-refractivity contribution in [2.75, 3.05) is 6.54 Å². The Bertz CT molecular complexity index is 991. The van der Waals surface area contributed by atoms with Gasteiger partial charge in [0.05, 0.1) is 23.0 Å². The van der Waals surface area contributed by atoms with Crippen LogP contribution >= 0.6 is 0 Å². The second kappa shape index (κ2) is 6.48. The van der Waals surface area contributed by atoms with Gasteiger partial charge in [-0.2, -0.15) is 4.31 Å². The molecule has 0 saturated carbocycles. The second-order valence-corrected chi connectivity index (χ2v) is 10.9. The third kappa shape index (κ3) is 3.14. The lowest BCUT2D eigenvalue weighted by Gasteiger charge is -2.39. The van der Waals surface area contributed by atoms with Gasteiger partial charge in [-0.3, -0.25) is 9.59 Å². The fourth-order valence-electron chi connectivity index (χ4n) is 4.10. The summed E-state index contributed by atoms with van der Waals surface area (Å²) in [6.07, 6.45) is 2.25. The number of benzene rings is 1. The Labute approximate surface area is 170 Å². The molecule has 0 aromatic heterocycles. The molecule has 8 heteroatoms. The van der Waals surface area contributed by atoms with Crippen LogP contribution in [-0.4, -0.2) is 54.9 Å². The van der Waals surface area contributed by atoms with Crippen molar-refractivity contribution in [3.8, 4) is 0 Å². The molecule has 3 aliphatic heterocycles. The molecule has 2 bridgehead atoms. The Morgan fingerprint density at radius 3 is 2.52 bits per heavy atom. The van der Waals surface area contributed by atoms with Gasteiger partial charge in [-0.15, -0.1) is 0 Å². The van der Waals surface area contributed by atoms with Crippen LogP contribution in [0.4, 0.5) is 0 Å². The summed E-state index contributed by atoms with van der Waals surface area (Å²) in [5.74, 6) is -0.695. The van der Waals surface area contributed by atoms with E-state index in [0.29, 0.717) is 0 Å². The second-order valence-electron chi connectivity index (χ2n) is 8.97. The summed E-state index contributed by atoms with van der Waals surface area (Å²) in [4.78, 5) is 25.6. The normalized spacial score (nSPS) is 31.7. The van der Waals surface area contributed by atoms with Crippen LogP contribution < -0.4 is 0 Å². The molecule has 3 aliphatic rings. The summed E-state index contributed by atoms with van der Waals surface area (Å²) in [7, 11) is -3.99. The van der Waals surface area contributed by atoms with E-state index in [1.165, 1.54) is 12.1 Å². The third-order valence-corrected chi connectivity index (χ3v) is 7.53. The minimum atomic E-state index is -3.99.